The zero-order chi connectivity index (χ0) is 44.4. The minimum Gasteiger partial charge on any atom is -0.492 e. The summed E-state index contributed by atoms with van der Waals surface area (Å²) < 4.78 is 59.0. The van der Waals surface area contributed by atoms with E-state index >= 15 is 8.78 Å². The first-order valence-corrected chi connectivity index (χ1v) is 19.8. The second kappa shape index (κ2) is 23.6. The SMILES string of the molecule is C=C(C)C(=O)OCCCc1cc(-c2c(F)cc(-c3ccc(CCCCCCC)cc3)cc2F)ccc1OCC(COC(=O)C(=C)C)(COC(=O)C(C)=O)COC(=O)C(C)=O. The van der Waals surface area contributed by atoms with E-state index in [9.17, 15) is 28.8 Å². The number of hydrogen-bond donors (Lipinski definition) is 0. The first kappa shape index (κ1) is 48.4. The number of carbonyl (C=O) groups excluding carboxylic acids is 6. The predicted octanol–water partition coefficient (Wildman–Crippen LogP) is 8.61. The van der Waals surface area contributed by atoms with Crippen LogP contribution < -0.4 is 4.74 Å². The third-order valence-electron chi connectivity index (χ3n) is 9.41. The normalized spacial score (nSPS) is 11.0. The molecule has 3 aromatic carbocycles. The fourth-order valence-corrected chi connectivity index (χ4v) is 5.90. The average molecular weight is 833 g/mol. The van der Waals surface area contributed by atoms with Crippen molar-refractivity contribution in [3.8, 4) is 28.0 Å². The van der Waals surface area contributed by atoms with E-state index in [-0.39, 0.29) is 47.5 Å². The number of aryl methyl sites for hydroxylation is 2. The Morgan fingerprint density at radius 1 is 0.567 bits per heavy atom. The molecule has 0 radical (unpaired) electrons. The predicted molar refractivity (Wildman–Crippen MR) is 221 cm³/mol. The molecule has 0 unspecified atom stereocenters. The van der Waals surface area contributed by atoms with Crippen molar-refractivity contribution >= 4 is 35.4 Å². The number of carbonyl (C=O) groups is 6. The van der Waals surface area contributed by atoms with Crippen LogP contribution in [0.1, 0.15) is 84.3 Å². The van der Waals surface area contributed by atoms with Crippen LogP contribution in [0.4, 0.5) is 8.78 Å². The Morgan fingerprint density at radius 2 is 1.08 bits per heavy atom. The molecule has 0 aromatic heterocycles. The molecular weight excluding hydrogens is 779 g/mol. The van der Waals surface area contributed by atoms with Crippen LogP contribution in [0.15, 0.2) is 78.9 Å². The molecule has 0 spiro atoms. The molecule has 0 fully saturated rings. The topological polar surface area (TPSA) is 149 Å². The van der Waals surface area contributed by atoms with Gasteiger partial charge in [0.1, 0.15) is 49.2 Å². The van der Waals surface area contributed by atoms with Gasteiger partial charge >= 0.3 is 23.9 Å². The smallest absolute Gasteiger partial charge is 0.374 e. The van der Waals surface area contributed by atoms with Gasteiger partial charge in [-0.1, -0.05) is 76.1 Å². The van der Waals surface area contributed by atoms with E-state index in [1.54, 1.807) is 0 Å². The zero-order valence-corrected chi connectivity index (χ0v) is 35.0. The third-order valence-corrected chi connectivity index (χ3v) is 9.41. The average Bonchev–Trinajstić information content (AvgIpc) is 3.21. The number of benzene rings is 3. The van der Waals surface area contributed by atoms with Crippen molar-refractivity contribution in [2.75, 3.05) is 33.0 Å². The second-order valence-electron chi connectivity index (χ2n) is 14.9. The van der Waals surface area contributed by atoms with Gasteiger partial charge in [0, 0.05) is 25.0 Å². The van der Waals surface area contributed by atoms with Crippen molar-refractivity contribution in [2.24, 2.45) is 5.41 Å². The van der Waals surface area contributed by atoms with Crippen LogP contribution in [-0.2, 0) is 60.6 Å². The van der Waals surface area contributed by atoms with E-state index in [0.717, 1.165) is 38.7 Å². The Morgan fingerprint density at radius 3 is 1.62 bits per heavy atom. The highest BCUT2D eigenvalue weighted by Gasteiger charge is 2.38. The first-order valence-electron chi connectivity index (χ1n) is 19.8. The monoisotopic (exact) mass is 832 g/mol. The van der Waals surface area contributed by atoms with Crippen molar-refractivity contribution in [3.63, 3.8) is 0 Å². The fourth-order valence-electron chi connectivity index (χ4n) is 5.90. The molecule has 0 amide bonds. The fraction of sp³-hybridized carbons (Fsp3) is 0.404. The number of rotatable bonds is 25. The molecule has 3 rings (SSSR count). The van der Waals surface area contributed by atoms with Gasteiger partial charge in [-0.2, -0.15) is 0 Å². The summed E-state index contributed by atoms with van der Waals surface area (Å²) in [6, 6.07) is 14.6. The van der Waals surface area contributed by atoms with Gasteiger partial charge in [-0.15, -0.1) is 0 Å². The lowest BCUT2D eigenvalue weighted by molar-refractivity contribution is -0.168. The van der Waals surface area contributed by atoms with Gasteiger partial charge in [0.25, 0.3) is 0 Å². The highest BCUT2D eigenvalue weighted by Crippen LogP contribution is 2.35. The molecule has 0 aliphatic rings. The van der Waals surface area contributed by atoms with Crippen molar-refractivity contribution < 1.29 is 61.2 Å². The Hall–Kier alpha value is -5.98. The lowest BCUT2D eigenvalue weighted by Crippen LogP contribution is -2.45. The Labute approximate surface area is 350 Å². The maximum absolute atomic E-state index is 15.9. The van der Waals surface area contributed by atoms with Gasteiger partial charge < -0.3 is 23.7 Å². The van der Waals surface area contributed by atoms with Gasteiger partial charge in [-0.3, -0.25) is 9.59 Å². The molecule has 0 atom stereocenters. The summed E-state index contributed by atoms with van der Waals surface area (Å²) in [6.07, 6.45) is 7.13. The molecule has 0 bridgehead atoms. The molecule has 60 heavy (non-hydrogen) atoms. The van der Waals surface area contributed by atoms with Crippen LogP contribution in [-0.4, -0.2) is 68.5 Å². The highest BCUT2D eigenvalue weighted by molar-refractivity contribution is 6.32. The second-order valence-corrected chi connectivity index (χ2v) is 14.9. The van der Waals surface area contributed by atoms with E-state index in [0.29, 0.717) is 16.7 Å². The van der Waals surface area contributed by atoms with Crippen LogP contribution in [0.3, 0.4) is 0 Å². The Bertz CT molecular complexity index is 1950. The van der Waals surface area contributed by atoms with Gasteiger partial charge in [0.15, 0.2) is 0 Å². The summed E-state index contributed by atoms with van der Waals surface area (Å²) in [7, 11) is 0. The molecule has 0 aliphatic carbocycles. The van der Waals surface area contributed by atoms with E-state index in [2.05, 4.69) is 20.1 Å². The summed E-state index contributed by atoms with van der Waals surface area (Å²) in [6.45, 7) is 11.7. The summed E-state index contributed by atoms with van der Waals surface area (Å²) >= 11 is 0. The molecule has 3 aromatic rings. The number of esters is 4. The number of unbranched alkanes of at least 4 members (excludes halogenated alkanes) is 4. The molecule has 13 heteroatoms. The lowest BCUT2D eigenvalue weighted by Gasteiger charge is -2.32. The van der Waals surface area contributed by atoms with Crippen molar-refractivity contribution in [3.05, 3.63) is 102 Å². The lowest BCUT2D eigenvalue weighted by atomic mass is 9.91. The first-order chi connectivity index (χ1) is 28.5. The number of ether oxygens (including phenoxy) is 5. The van der Waals surface area contributed by atoms with Gasteiger partial charge in [0.05, 0.1) is 12.2 Å². The molecule has 322 valence electrons. The maximum atomic E-state index is 15.9. The maximum Gasteiger partial charge on any atom is 0.374 e. The third kappa shape index (κ3) is 15.0. The van der Waals surface area contributed by atoms with Crippen LogP contribution in [0, 0.1) is 17.0 Å². The molecule has 0 aliphatic heterocycles. The van der Waals surface area contributed by atoms with Crippen LogP contribution >= 0.6 is 0 Å². The van der Waals surface area contributed by atoms with Gasteiger partial charge in [-0.25, -0.2) is 28.0 Å². The van der Waals surface area contributed by atoms with Crippen molar-refractivity contribution in [1.82, 2.24) is 0 Å². The van der Waals surface area contributed by atoms with Crippen molar-refractivity contribution in [1.29, 1.82) is 0 Å². The summed E-state index contributed by atoms with van der Waals surface area (Å²) in [4.78, 5) is 72.5. The largest absolute Gasteiger partial charge is 0.492 e. The van der Waals surface area contributed by atoms with Crippen molar-refractivity contribution in [2.45, 2.75) is 86.0 Å². The Kier molecular flexibility index (Phi) is 19.0. The molecule has 0 heterocycles. The van der Waals surface area contributed by atoms with E-state index in [4.69, 9.17) is 23.7 Å². The number of Topliss-reactive ketones (excluding diaryl/α,β-unsaturated/α-hetero) is 2. The zero-order valence-electron chi connectivity index (χ0n) is 35.0. The minimum atomic E-state index is -1.69. The number of hydrogen-bond acceptors (Lipinski definition) is 11. The molecular formula is C47H54F2O11. The number of halogens is 2. The summed E-state index contributed by atoms with van der Waals surface area (Å²) in [5.41, 5.74) is 0.980. The van der Waals surface area contributed by atoms with Crippen LogP contribution in [0.5, 0.6) is 5.75 Å². The van der Waals surface area contributed by atoms with E-state index < -0.39 is 78.9 Å². The minimum absolute atomic E-state index is 0.0189. The van der Waals surface area contributed by atoms with Crippen LogP contribution in [0.25, 0.3) is 22.3 Å². The highest BCUT2D eigenvalue weighted by atomic mass is 19.1. The van der Waals surface area contributed by atoms with Crippen LogP contribution in [0.2, 0.25) is 0 Å². The molecule has 11 nitrogen and oxygen atoms in total. The molecule has 0 N–H and O–H groups in total. The van der Waals surface area contributed by atoms with E-state index in [1.165, 1.54) is 63.4 Å². The summed E-state index contributed by atoms with van der Waals surface area (Å²) in [5.74, 6) is -7.26. The molecule has 0 saturated heterocycles. The number of ketones is 2. The summed E-state index contributed by atoms with van der Waals surface area (Å²) in [5, 5.41) is 0. The van der Waals surface area contributed by atoms with E-state index in [1.807, 2.05) is 24.3 Å². The Balaban J connectivity index is 2.00. The molecule has 0 saturated carbocycles. The standard InChI is InChI=1S/C47H54F2O11/c1-8-9-10-11-12-14-34-16-18-35(19-17-34)38-24-39(48)42(40(49)25-38)37-20-21-41(36(23-37)15-13-22-56-43(52)30(2)3)57-26-47(27-58-44(53)31(4)5,28-59-45(54)32(6)50)29-60-46(55)33(7)51/h16-21,23-25H,2,4,8-15,22,26-29H2,1,3,5-7H3. The van der Waals surface area contributed by atoms with Gasteiger partial charge in [0.2, 0.25) is 11.6 Å². The quantitative estimate of drug-likeness (QED) is 0.0266. The van der Waals surface area contributed by atoms with Gasteiger partial charge in [-0.05, 0) is 91.6 Å².